The first-order valence-corrected chi connectivity index (χ1v) is 8.83. The number of hydrogen-bond acceptors (Lipinski definition) is 6. The van der Waals surface area contributed by atoms with Gasteiger partial charge in [0.15, 0.2) is 0 Å². The Morgan fingerprint density at radius 1 is 0.625 bits per heavy atom. The maximum absolute atomic E-state index is 2.14. The lowest BCUT2D eigenvalue weighted by molar-refractivity contribution is 4.79. The van der Waals surface area contributed by atoms with Crippen LogP contribution in [0.15, 0.2) is 0 Å². The van der Waals surface area contributed by atoms with Crippen LogP contribution in [0.25, 0.3) is 0 Å². The topological polar surface area (TPSA) is 0 Å². The molecule has 1 aliphatic heterocycles. The summed E-state index contributed by atoms with van der Waals surface area (Å²) in [4.78, 5) is 0. The van der Waals surface area contributed by atoms with Crippen LogP contribution in [0.3, 0.4) is 0 Å². The Morgan fingerprint density at radius 2 is 1.00 bits per heavy atom. The highest BCUT2D eigenvalue weighted by molar-refractivity contribution is 9.32. The highest BCUT2D eigenvalue weighted by atomic mass is 33.5. The minimum Gasteiger partial charge on any atom is -0.366 e. The van der Waals surface area contributed by atoms with Gasteiger partial charge in [0.2, 0.25) is 0 Å². The second-order valence-electron chi connectivity index (χ2n) is 0.713. The predicted molar refractivity (Wildman–Crippen MR) is 57.1 cm³/mol. The number of rotatable bonds is 0. The molecule has 1 fully saturated rings. The van der Waals surface area contributed by atoms with Crippen LogP contribution >= 0.6 is 62.2 Å². The van der Waals surface area contributed by atoms with Crippen molar-refractivity contribution in [3.63, 3.8) is 0 Å². The molecule has 1 rings (SSSR count). The minimum absolute atomic E-state index is 1.78. The average Bonchev–Trinajstić information content (AvgIpc) is 1.62. The quantitative estimate of drug-likeness (QED) is 0.445. The molecule has 0 aromatic heterocycles. The molecule has 0 aromatic rings. The van der Waals surface area contributed by atoms with Crippen LogP contribution < -0.4 is 0 Å². The lowest BCUT2D eigenvalue weighted by Crippen LogP contribution is -1.71. The van der Waals surface area contributed by atoms with Crippen molar-refractivity contribution in [2.24, 2.45) is 0 Å². The molecule has 0 unspecified atom stereocenters. The molecule has 0 nitrogen and oxygen atoms in total. The van der Waals surface area contributed by atoms with Gasteiger partial charge in [-0.3, -0.25) is 0 Å². The fourth-order valence-electron chi connectivity index (χ4n) is 0.142. The van der Waals surface area contributed by atoms with E-state index in [4.69, 9.17) is 0 Å². The molecule has 0 N–H and O–H groups in total. The molecule has 0 saturated carbocycles. The molecule has 8 heavy (non-hydrogen) atoms. The molecule has 0 atom stereocenters. The van der Waals surface area contributed by atoms with E-state index in [0.29, 0.717) is 0 Å². The molecule has 1 saturated heterocycles. The molecule has 1 aliphatic rings. The zero-order valence-corrected chi connectivity index (χ0v) is 8.50. The molecule has 0 bridgehead atoms. The first kappa shape index (κ1) is 8.33. The molecule has 0 spiro atoms. The summed E-state index contributed by atoms with van der Waals surface area (Å²) in [5.41, 5.74) is 0. The lowest BCUT2D eigenvalue weighted by Gasteiger charge is -2.25. The first-order chi connectivity index (χ1) is 4.00. The number of hydrogen-bond donors (Lipinski definition) is 0. The van der Waals surface area contributed by atoms with Gasteiger partial charge < -0.3 is 42.6 Å². The normalized spacial score (nSPS) is 24.0. The van der Waals surface area contributed by atoms with E-state index in [1.807, 2.05) is 0 Å². The van der Waals surface area contributed by atoms with Crippen molar-refractivity contribution < 1.29 is 0 Å². The summed E-state index contributed by atoms with van der Waals surface area (Å²) in [5.74, 6) is 4.28. The lowest BCUT2D eigenvalue weighted by atomic mass is 10.7. The summed E-state index contributed by atoms with van der Waals surface area (Å²) >= 11 is 0. The molecule has 0 aliphatic carbocycles. The van der Waals surface area contributed by atoms with Crippen LogP contribution in [0.4, 0.5) is 0 Å². The maximum atomic E-state index is 2.14. The van der Waals surface area contributed by atoms with Crippen LogP contribution in [0, 0.1) is 0 Å². The van der Waals surface area contributed by atoms with Gasteiger partial charge in [-0.1, -0.05) is 0 Å². The van der Waals surface area contributed by atoms with Crippen molar-refractivity contribution in [3.05, 3.63) is 0 Å². The fourth-order valence-corrected chi connectivity index (χ4v) is 9.02. The second kappa shape index (κ2) is 5.97. The van der Waals surface area contributed by atoms with Gasteiger partial charge in [0, 0.05) is 0 Å². The Morgan fingerprint density at radius 3 is 1.38 bits per heavy atom. The van der Waals surface area contributed by atoms with E-state index < -0.39 is 0 Å². The highest BCUT2D eigenvalue weighted by Crippen LogP contribution is 2.46. The van der Waals surface area contributed by atoms with Crippen molar-refractivity contribution in [2.45, 2.75) is 0 Å². The van der Waals surface area contributed by atoms with Gasteiger partial charge in [-0.25, -0.2) is 0 Å². The first-order valence-electron chi connectivity index (χ1n) is 1.61. The Bertz CT molecular complexity index is 30.5. The zero-order chi connectivity index (χ0) is 5.66. The standard InChI is InChI=1S/B2S6/c1-3-7-5-2-6-8-4-1/q-2. The molecular formula is B2S6-2. The molecular weight excluding hydrogens is 214 g/mol. The van der Waals surface area contributed by atoms with Gasteiger partial charge in [-0.2, -0.15) is 0 Å². The summed E-state index contributed by atoms with van der Waals surface area (Å²) in [6.07, 6.45) is 0. The van der Waals surface area contributed by atoms with E-state index >= 15 is 0 Å². The molecule has 8 heteroatoms. The van der Waals surface area contributed by atoms with Crippen molar-refractivity contribution in [3.8, 4) is 0 Å². The average molecular weight is 214 g/mol. The third kappa shape index (κ3) is 4.11. The molecule has 1 heterocycles. The summed E-state index contributed by atoms with van der Waals surface area (Å²) < 4.78 is 0. The van der Waals surface area contributed by atoms with Crippen molar-refractivity contribution in [2.75, 3.05) is 0 Å². The second-order valence-corrected chi connectivity index (χ2v) is 8.87. The van der Waals surface area contributed by atoms with Crippen LogP contribution in [0.5, 0.6) is 0 Å². The Kier molecular flexibility index (Phi) is 6.22. The molecule has 44 valence electrons. The molecule has 4 radical (unpaired) electrons. The summed E-state index contributed by atoms with van der Waals surface area (Å²) in [6.45, 7) is 0. The highest BCUT2D eigenvalue weighted by Gasteiger charge is 1.76. The predicted octanol–water partition coefficient (Wildman–Crippen LogP) is 3.13. The summed E-state index contributed by atoms with van der Waals surface area (Å²) in [5, 5.41) is 0. The summed E-state index contributed by atoms with van der Waals surface area (Å²) in [7, 11) is 10.7. The van der Waals surface area contributed by atoms with Crippen LogP contribution in [0.2, 0.25) is 0 Å². The van der Waals surface area contributed by atoms with E-state index in [9.17, 15) is 0 Å². The molecule has 0 amide bonds. The summed E-state index contributed by atoms with van der Waals surface area (Å²) in [6, 6.07) is 0. The van der Waals surface area contributed by atoms with Gasteiger partial charge in [-0.15, -0.1) is 31.3 Å². The van der Waals surface area contributed by atoms with E-state index in [2.05, 4.69) is 11.7 Å². The SMILES string of the molecule is [B-]1SSS[B-]SSS1. The smallest absolute Gasteiger partial charge is 0.124 e. The largest absolute Gasteiger partial charge is 0.366 e. The monoisotopic (exact) mass is 214 g/mol. The van der Waals surface area contributed by atoms with E-state index in [1.54, 1.807) is 62.2 Å². The van der Waals surface area contributed by atoms with Gasteiger partial charge in [0.1, 0.15) is 0 Å². The Balaban J connectivity index is 2.00. The third-order valence-electron chi connectivity index (χ3n) is 0.314. The minimum atomic E-state index is 1.78. The van der Waals surface area contributed by atoms with Gasteiger partial charge in [0.05, 0.1) is 0 Å². The fraction of sp³-hybridized carbons (Fsp3) is 0. The Hall–Kier alpha value is 2.23. The van der Waals surface area contributed by atoms with Gasteiger partial charge in [0.25, 0.3) is 0 Å². The van der Waals surface area contributed by atoms with E-state index in [0.717, 1.165) is 0 Å². The van der Waals surface area contributed by atoms with E-state index in [1.165, 1.54) is 0 Å². The maximum Gasteiger partial charge on any atom is -0.124 e. The van der Waals surface area contributed by atoms with Crippen LogP contribution in [-0.2, 0) is 0 Å². The van der Waals surface area contributed by atoms with Gasteiger partial charge in [-0.05, 0) is 0 Å². The van der Waals surface area contributed by atoms with Crippen LogP contribution in [0.1, 0.15) is 0 Å². The molecule has 0 aromatic carbocycles. The third-order valence-corrected chi connectivity index (χ3v) is 8.49. The zero-order valence-electron chi connectivity index (χ0n) is 3.60. The van der Waals surface area contributed by atoms with Crippen molar-refractivity contribution in [1.82, 2.24) is 0 Å². The van der Waals surface area contributed by atoms with Crippen molar-refractivity contribution >= 4 is 73.9 Å². The van der Waals surface area contributed by atoms with Crippen molar-refractivity contribution in [1.29, 1.82) is 0 Å². The van der Waals surface area contributed by atoms with Crippen LogP contribution in [-0.4, -0.2) is 11.7 Å². The van der Waals surface area contributed by atoms with Gasteiger partial charge >= 0.3 is 0 Å². The Labute approximate surface area is 73.3 Å². The van der Waals surface area contributed by atoms with E-state index in [-0.39, 0.29) is 0 Å².